The third kappa shape index (κ3) is 5.04. The minimum atomic E-state index is -0.549. The molecule has 0 atom stereocenters. The zero-order valence-electron chi connectivity index (χ0n) is 18.1. The van der Waals surface area contributed by atoms with E-state index in [4.69, 9.17) is 23.2 Å². The number of quaternary nitrogens is 1. The summed E-state index contributed by atoms with van der Waals surface area (Å²) in [5.74, 6) is 0. The molecular weight excluding hydrogens is 451 g/mol. The van der Waals surface area contributed by atoms with Gasteiger partial charge < -0.3 is 9.38 Å². The molecule has 0 N–H and O–H groups in total. The van der Waals surface area contributed by atoms with Crippen LogP contribution >= 0.6 is 23.2 Å². The first kappa shape index (κ1) is 22.9. The van der Waals surface area contributed by atoms with Gasteiger partial charge in [0.1, 0.15) is 5.69 Å². The van der Waals surface area contributed by atoms with Crippen molar-refractivity contribution in [2.45, 2.75) is 6.92 Å². The van der Waals surface area contributed by atoms with Crippen LogP contribution in [0.2, 0.25) is 10.0 Å². The van der Waals surface area contributed by atoms with Crippen LogP contribution in [0.1, 0.15) is 6.92 Å². The van der Waals surface area contributed by atoms with E-state index in [2.05, 4.69) is 27.0 Å². The molecular formula is C22H27Cl2N6O2+. The van der Waals surface area contributed by atoms with Crippen LogP contribution in [-0.2, 0) is 0 Å². The maximum Gasteiger partial charge on any atom is 0.272 e. The minimum absolute atomic E-state index is 0.0905. The summed E-state index contributed by atoms with van der Waals surface area (Å²) in [6, 6.07) is 10.3. The van der Waals surface area contributed by atoms with Crippen LogP contribution in [0.5, 0.6) is 0 Å². The Hall–Kier alpha value is -2.26. The Labute approximate surface area is 197 Å². The highest BCUT2D eigenvalue weighted by Gasteiger charge is 2.38. The van der Waals surface area contributed by atoms with Crippen LogP contribution < -0.4 is 4.90 Å². The van der Waals surface area contributed by atoms with Gasteiger partial charge in [-0.1, -0.05) is 23.2 Å². The Kier molecular flexibility index (Phi) is 6.95. The van der Waals surface area contributed by atoms with Crippen molar-refractivity contribution in [2.24, 2.45) is 10.2 Å². The number of fused-ring (bicyclic) bond motifs is 3. The van der Waals surface area contributed by atoms with E-state index in [0.717, 1.165) is 18.8 Å². The lowest BCUT2D eigenvalue weighted by Crippen LogP contribution is -2.68. The van der Waals surface area contributed by atoms with Gasteiger partial charge in [0.25, 0.3) is 5.69 Å². The van der Waals surface area contributed by atoms with Gasteiger partial charge in [-0.3, -0.25) is 15.0 Å². The van der Waals surface area contributed by atoms with Gasteiger partial charge in [-0.05, 0) is 31.2 Å². The zero-order valence-corrected chi connectivity index (χ0v) is 19.6. The zero-order chi connectivity index (χ0) is 22.7. The number of rotatable bonds is 8. The first-order valence-corrected chi connectivity index (χ1v) is 11.6. The number of non-ortho nitro benzene ring substituents is 1. The highest BCUT2D eigenvalue weighted by Crippen LogP contribution is 2.38. The fraction of sp³-hybridized carbons (Fsp3) is 0.455. The number of anilines is 1. The summed E-state index contributed by atoms with van der Waals surface area (Å²) in [5.41, 5.74) is 1.85. The molecule has 3 aliphatic heterocycles. The van der Waals surface area contributed by atoms with E-state index in [0.29, 0.717) is 5.69 Å². The normalized spacial score (nSPS) is 22.4. The Morgan fingerprint density at radius 2 is 1.66 bits per heavy atom. The molecule has 0 saturated carbocycles. The summed E-state index contributed by atoms with van der Waals surface area (Å²) in [6.07, 6.45) is 0. The van der Waals surface area contributed by atoms with Gasteiger partial charge in [-0.15, -0.1) is 5.11 Å². The van der Waals surface area contributed by atoms with Crippen LogP contribution in [0.4, 0.5) is 22.7 Å². The summed E-state index contributed by atoms with van der Waals surface area (Å²) in [5, 5.41) is 19.4. The molecule has 0 radical (unpaired) electrons. The summed E-state index contributed by atoms with van der Waals surface area (Å²) < 4.78 is 1.25. The molecule has 3 heterocycles. The number of hydrogen-bond acceptors (Lipinski definition) is 6. The molecule has 170 valence electrons. The molecule has 0 aliphatic carbocycles. The van der Waals surface area contributed by atoms with Gasteiger partial charge in [0.05, 0.1) is 53.4 Å². The Morgan fingerprint density at radius 3 is 2.19 bits per heavy atom. The fourth-order valence-electron chi connectivity index (χ4n) is 4.46. The number of halogens is 2. The fourth-order valence-corrected chi connectivity index (χ4v) is 5.01. The number of piperazine rings is 3. The number of nitrogens with zero attached hydrogens (tertiary/aromatic N) is 6. The van der Waals surface area contributed by atoms with E-state index in [9.17, 15) is 10.1 Å². The van der Waals surface area contributed by atoms with Crippen molar-refractivity contribution in [1.29, 1.82) is 0 Å². The van der Waals surface area contributed by atoms with E-state index < -0.39 is 4.92 Å². The summed E-state index contributed by atoms with van der Waals surface area (Å²) in [7, 11) is 0. The predicted molar refractivity (Wildman–Crippen MR) is 128 cm³/mol. The molecule has 3 fully saturated rings. The molecule has 0 amide bonds. The molecule has 2 bridgehead atoms. The Balaban J connectivity index is 1.41. The molecule has 3 aliphatic rings. The standard InChI is InChI=1S/C22H27Cl2N6O2/c1-2-28(10-14-30-11-7-27(8-12-30)9-13-30)18-5-3-17(4-6-18)25-26-22-20(23)15-19(29(31)32)16-21(22)24/h3-6,15-16H,2,7-14H2,1H3/q+1. The quantitative estimate of drug-likeness (QED) is 0.224. The van der Waals surface area contributed by atoms with Crippen molar-refractivity contribution in [3.8, 4) is 0 Å². The van der Waals surface area contributed by atoms with E-state index in [1.807, 2.05) is 24.3 Å². The Bertz CT molecular complexity index is 969. The molecule has 0 spiro atoms. The topological polar surface area (TPSA) is 74.3 Å². The highest BCUT2D eigenvalue weighted by molar-refractivity contribution is 6.39. The van der Waals surface area contributed by atoms with Gasteiger partial charge in [0.15, 0.2) is 0 Å². The number of nitro benzene ring substituents is 1. The van der Waals surface area contributed by atoms with Crippen molar-refractivity contribution in [3.05, 3.63) is 56.6 Å². The third-order valence-corrected chi connectivity index (χ3v) is 7.17. The van der Waals surface area contributed by atoms with Crippen molar-refractivity contribution in [1.82, 2.24) is 4.90 Å². The number of likely N-dealkylation sites (N-methyl/N-ethyl adjacent to an activating group) is 1. The molecule has 5 rings (SSSR count). The molecule has 8 nitrogen and oxygen atoms in total. The number of azo groups is 1. The van der Waals surface area contributed by atoms with E-state index >= 15 is 0 Å². The smallest absolute Gasteiger partial charge is 0.272 e. The molecule has 10 heteroatoms. The van der Waals surface area contributed by atoms with Crippen molar-refractivity contribution in [3.63, 3.8) is 0 Å². The summed E-state index contributed by atoms with van der Waals surface area (Å²) in [4.78, 5) is 15.3. The minimum Gasteiger partial charge on any atom is -0.366 e. The predicted octanol–water partition coefficient (Wildman–Crippen LogP) is 5.29. The van der Waals surface area contributed by atoms with Gasteiger partial charge >= 0.3 is 0 Å². The van der Waals surface area contributed by atoms with Gasteiger partial charge in [-0.25, -0.2) is 0 Å². The van der Waals surface area contributed by atoms with E-state index in [1.54, 1.807) is 0 Å². The molecule has 2 aromatic rings. The van der Waals surface area contributed by atoms with E-state index in [1.165, 1.54) is 62.4 Å². The van der Waals surface area contributed by atoms with Crippen LogP contribution in [0.25, 0.3) is 0 Å². The average Bonchev–Trinajstić information content (AvgIpc) is 2.81. The highest BCUT2D eigenvalue weighted by atomic mass is 35.5. The maximum absolute atomic E-state index is 10.9. The van der Waals surface area contributed by atoms with Crippen molar-refractivity contribution in [2.75, 3.05) is 63.8 Å². The molecule has 2 aromatic carbocycles. The monoisotopic (exact) mass is 477 g/mol. The molecule has 32 heavy (non-hydrogen) atoms. The maximum atomic E-state index is 10.9. The number of hydrogen-bond donors (Lipinski definition) is 0. The first-order valence-electron chi connectivity index (χ1n) is 10.9. The van der Waals surface area contributed by atoms with Crippen LogP contribution in [0.3, 0.4) is 0 Å². The lowest BCUT2D eigenvalue weighted by molar-refractivity contribution is -0.939. The lowest BCUT2D eigenvalue weighted by atomic mass is 10.1. The molecule has 0 unspecified atom stereocenters. The largest absolute Gasteiger partial charge is 0.366 e. The number of nitro groups is 1. The van der Waals surface area contributed by atoms with E-state index in [-0.39, 0.29) is 21.4 Å². The van der Waals surface area contributed by atoms with Crippen LogP contribution in [0.15, 0.2) is 46.6 Å². The summed E-state index contributed by atoms with van der Waals surface area (Å²) >= 11 is 12.2. The molecule has 0 aromatic heterocycles. The number of benzene rings is 2. The van der Waals surface area contributed by atoms with Crippen LogP contribution in [0, 0.1) is 10.1 Å². The second-order valence-corrected chi connectivity index (χ2v) is 9.20. The van der Waals surface area contributed by atoms with Crippen molar-refractivity contribution < 1.29 is 9.41 Å². The Morgan fingerprint density at radius 1 is 1.06 bits per heavy atom. The van der Waals surface area contributed by atoms with Gasteiger partial charge in [-0.2, -0.15) is 5.11 Å². The van der Waals surface area contributed by atoms with Crippen molar-refractivity contribution >= 4 is 46.0 Å². The average molecular weight is 478 g/mol. The third-order valence-electron chi connectivity index (χ3n) is 6.59. The SMILES string of the molecule is CCN(CC[N+]12CCN(CC1)CC2)c1ccc(N=Nc2c(Cl)cc([N+](=O)[O-])cc2Cl)cc1. The molecule has 3 saturated heterocycles. The second-order valence-electron chi connectivity index (χ2n) is 8.39. The summed E-state index contributed by atoms with van der Waals surface area (Å²) in [6.45, 7) is 12.8. The van der Waals surface area contributed by atoms with Crippen LogP contribution in [-0.4, -0.2) is 73.2 Å². The second kappa shape index (κ2) is 9.70. The van der Waals surface area contributed by atoms with Gasteiger partial charge in [0.2, 0.25) is 0 Å². The first-order chi connectivity index (χ1) is 15.4. The van der Waals surface area contributed by atoms with Gasteiger partial charge in [0, 0.05) is 44.0 Å². The lowest BCUT2D eigenvalue weighted by Gasteiger charge is -2.51.